The van der Waals surface area contributed by atoms with Crippen LogP contribution in [0.3, 0.4) is 0 Å². The van der Waals surface area contributed by atoms with Crippen LogP contribution in [0.5, 0.6) is 11.5 Å². The number of benzene rings is 1. The molecule has 1 aliphatic carbocycles. The van der Waals surface area contributed by atoms with E-state index >= 15 is 0 Å². The van der Waals surface area contributed by atoms with E-state index in [4.69, 9.17) is 14.2 Å². The van der Waals surface area contributed by atoms with E-state index in [0.29, 0.717) is 23.3 Å². The van der Waals surface area contributed by atoms with Crippen molar-refractivity contribution in [3.05, 3.63) is 46.6 Å². The summed E-state index contributed by atoms with van der Waals surface area (Å²) in [7, 11) is 1.30. The molecule has 0 aromatic heterocycles. The normalized spacial score (nSPS) is 17.7. The standard InChI is InChI=1S/C27H36O6/c1-8-9-10-11-20-15-23(32-18(5)28)25(22-14-17(4)12-13-21(22)16(2)3)26(33-19(6)29)24(20)27(30)31-7/h14-15,21-22H,2,8-13H2,1,3-7H3/t21-,22+/m0/s1. The smallest absolute Gasteiger partial charge is 0.341 e. The molecule has 0 aliphatic heterocycles. The van der Waals surface area contributed by atoms with Crippen molar-refractivity contribution in [2.45, 2.75) is 79.1 Å². The summed E-state index contributed by atoms with van der Waals surface area (Å²) in [5, 5.41) is 0. The third-order valence-corrected chi connectivity index (χ3v) is 6.02. The predicted molar refractivity (Wildman–Crippen MR) is 128 cm³/mol. The minimum Gasteiger partial charge on any atom is -0.465 e. The average molecular weight is 457 g/mol. The average Bonchev–Trinajstić information content (AvgIpc) is 2.72. The lowest BCUT2D eigenvalue weighted by Gasteiger charge is -2.33. The van der Waals surface area contributed by atoms with E-state index in [1.807, 2.05) is 13.8 Å². The summed E-state index contributed by atoms with van der Waals surface area (Å²) < 4.78 is 16.4. The zero-order valence-electron chi connectivity index (χ0n) is 20.7. The highest BCUT2D eigenvalue weighted by Crippen LogP contribution is 2.49. The molecular formula is C27H36O6. The third-order valence-electron chi connectivity index (χ3n) is 6.02. The van der Waals surface area contributed by atoms with E-state index in [-0.39, 0.29) is 23.1 Å². The Labute approximate surface area is 197 Å². The molecule has 0 radical (unpaired) electrons. The van der Waals surface area contributed by atoms with Crippen LogP contribution in [0.25, 0.3) is 0 Å². The Morgan fingerprint density at radius 1 is 1.09 bits per heavy atom. The van der Waals surface area contributed by atoms with Gasteiger partial charge in [-0.05, 0) is 57.1 Å². The van der Waals surface area contributed by atoms with Gasteiger partial charge in [0, 0.05) is 25.3 Å². The molecule has 33 heavy (non-hydrogen) atoms. The van der Waals surface area contributed by atoms with Gasteiger partial charge in [-0.2, -0.15) is 0 Å². The highest BCUT2D eigenvalue weighted by molar-refractivity contribution is 5.96. The first kappa shape index (κ1) is 26.4. The molecule has 0 amide bonds. The predicted octanol–water partition coefficient (Wildman–Crippen LogP) is 6.07. The summed E-state index contributed by atoms with van der Waals surface area (Å²) in [6, 6.07) is 1.74. The first-order valence-corrected chi connectivity index (χ1v) is 11.6. The number of hydrogen-bond donors (Lipinski definition) is 0. The zero-order valence-corrected chi connectivity index (χ0v) is 20.7. The van der Waals surface area contributed by atoms with Gasteiger partial charge in [0.05, 0.1) is 7.11 Å². The number of hydrogen-bond acceptors (Lipinski definition) is 6. The number of aryl methyl sites for hydroxylation is 1. The molecule has 0 N–H and O–H groups in total. The number of ether oxygens (including phenoxy) is 3. The van der Waals surface area contributed by atoms with Crippen LogP contribution >= 0.6 is 0 Å². The molecule has 6 heteroatoms. The van der Waals surface area contributed by atoms with E-state index in [0.717, 1.165) is 37.7 Å². The lowest BCUT2D eigenvalue weighted by molar-refractivity contribution is -0.132. The Bertz CT molecular complexity index is 956. The van der Waals surface area contributed by atoms with Gasteiger partial charge in [-0.1, -0.05) is 43.6 Å². The lowest BCUT2D eigenvalue weighted by atomic mass is 9.73. The Balaban J connectivity index is 2.92. The molecule has 2 rings (SSSR count). The molecule has 1 aromatic rings. The van der Waals surface area contributed by atoms with Crippen LogP contribution in [-0.2, 0) is 20.7 Å². The highest BCUT2D eigenvalue weighted by Gasteiger charge is 2.35. The van der Waals surface area contributed by atoms with Gasteiger partial charge < -0.3 is 14.2 Å². The minimum absolute atomic E-state index is 0.0359. The SMILES string of the molecule is C=C(C)[C@@H]1CCC(C)=C[C@H]1c1c(OC(C)=O)cc(CCCCC)c(C(=O)OC)c1OC(C)=O. The minimum atomic E-state index is -0.586. The molecule has 0 spiro atoms. The Kier molecular flexibility index (Phi) is 9.44. The lowest BCUT2D eigenvalue weighted by Crippen LogP contribution is -2.22. The van der Waals surface area contributed by atoms with Gasteiger partial charge in [0.15, 0.2) is 5.75 Å². The highest BCUT2D eigenvalue weighted by atomic mass is 16.6. The van der Waals surface area contributed by atoms with Crippen LogP contribution in [0.2, 0.25) is 0 Å². The van der Waals surface area contributed by atoms with Crippen LogP contribution in [-0.4, -0.2) is 25.0 Å². The maximum Gasteiger partial charge on any atom is 0.341 e. The fourth-order valence-corrected chi connectivity index (χ4v) is 4.50. The fraction of sp³-hybridized carbons (Fsp3) is 0.519. The third kappa shape index (κ3) is 6.56. The molecule has 0 saturated carbocycles. The van der Waals surface area contributed by atoms with E-state index in [1.54, 1.807) is 6.07 Å². The van der Waals surface area contributed by atoms with Crippen molar-refractivity contribution in [2.75, 3.05) is 7.11 Å². The van der Waals surface area contributed by atoms with Crippen LogP contribution in [0.15, 0.2) is 29.9 Å². The number of rotatable bonds is 9. The number of allylic oxidation sites excluding steroid dienone is 3. The molecule has 1 aromatic carbocycles. The topological polar surface area (TPSA) is 78.9 Å². The summed E-state index contributed by atoms with van der Waals surface area (Å²) >= 11 is 0. The van der Waals surface area contributed by atoms with Crippen molar-refractivity contribution < 1.29 is 28.6 Å². The van der Waals surface area contributed by atoms with Gasteiger partial charge in [-0.25, -0.2) is 4.79 Å². The molecule has 180 valence electrons. The van der Waals surface area contributed by atoms with Crippen molar-refractivity contribution in [1.29, 1.82) is 0 Å². The van der Waals surface area contributed by atoms with Crippen molar-refractivity contribution in [2.24, 2.45) is 5.92 Å². The van der Waals surface area contributed by atoms with Gasteiger partial charge in [0.25, 0.3) is 0 Å². The van der Waals surface area contributed by atoms with E-state index < -0.39 is 17.9 Å². The maximum absolute atomic E-state index is 13.0. The second-order valence-electron chi connectivity index (χ2n) is 8.82. The number of unbranched alkanes of at least 4 members (excludes halogenated alkanes) is 2. The Morgan fingerprint density at radius 2 is 1.76 bits per heavy atom. The summed E-state index contributed by atoms with van der Waals surface area (Å²) in [6.45, 7) is 12.9. The molecule has 0 saturated heterocycles. The van der Waals surface area contributed by atoms with Crippen molar-refractivity contribution in [3.63, 3.8) is 0 Å². The van der Waals surface area contributed by atoms with Gasteiger partial charge in [0.2, 0.25) is 0 Å². The quantitative estimate of drug-likeness (QED) is 0.194. The number of esters is 3. The van der Waals surface area contributed by atoms with Crippen molar-refractivity contribution in [3.8, 4) is 11.5 Å². The van der Waals surface area contributed by atoms with Crippen LogP contribution < -0.4 is 9.47 Å². The molecule has 0 heterocycles. The van der Waals surface area contributed by atoms with Crippen LogP contribution in [0, 0.1) is 5.92 Å². The zero-order chi connectivity index (χ0) is 24.7. The summed E-state index contributed by atoms with van der Waals surface area (Å²) in [5.41, 5.74) is 3.50. The first-order chi connectivity index (χ1) is 15.6. The first-order valence-electron chi connectivity index (χ1n) is 11.6. The summed E-state index contributed by atoms with van der Waals surface area (Å²) in [4.78, 5) is 37.2. The fourth-order valence-electron chi connectivity index (χ4n) is 4.50. The molecular weight excluding hydrogens is 420 g/mol. The van der Waals surface area contributed by atoms with Gasteiger partial charge in [-0.15, -0.1) is 0 Å². The van der Waals surface area contributed by atoms with Crippen molar-refractivity contribution in [1.82, 2.24) is 0 Å². The van der Waals surface area contributed by atoms with Gasteiger partial charge in [0.1, 0.15) is 11.3 Å². The van der Waals surface area contributed by atoms with Crippen LogP contribution in [0.1, 0.15) is 94.1 Å². The second kappa shape index (κ2) is 11.8. The van der Waals surface area contributed by atoms with Gasteiger partial charge >= 0.3 is 17.9 Å². The molecule has 0 unspecified atom stereocenters. The molecule has 6 nitrogen and oxygen atoms in total. The van der Waals surface area contributed by atoms with Gasteiger partial charge in [-0.3, -0.25) is 9.59 Å². The monoisotopic (exact) mass is 456 g/mol. The van der Waals surface area contributed by atoms with E-state index in [1.165, 1.54) is 26.5 Å². The second-order valence-corrected chi connectivity index (χ2v) is 8.82. The Morgan fingerprint density at radius 3 is 2.30 bits per heavy atom. The number of methoxy groups -OCH3 is 1. The number of carbonyl (C=O) groups excluding carboxylic acids is 3. The molecule has 2 atom stereocenters. The number of carbonyl (C=O) groups is 3. The van der Waals surface area contributed by atoms with E-state index in [2.05, 4.69) is 19.6 Å². The van der Waals surface area contributed by atoms with Crippen LogP contribution in [0.4, 0.5) is 0 Å². The Hall–Kier alpha value is -2.89. The molecule has 0 fully saturated rings. The van der Waals surface area contributed by atoms with Crippen molar-refractivity contribution >= 4 is 17.9 Å². The summed E-state index contributed by atoms with van der Waals surface area (Å²) in [6.07, 6.45) is 7.23. The van der Waals surface area contributed by atoms with E-state index in [9.17, 15) is 14.4 Å². The molecule has 0 bridgehead atoms. The molecule has 1 aliphatic rings. The maximum atomic E-state index is 13.0. The largest absolute Gasteiger partial charge is 0.465 e. The summed E-state index contributed by atoms with van der Waals surface area (Å²) in [5.74, 6) is -1.46.